The van der Waals surface area contributed by atoms with Gasteiger partial charge < -0.3 is 4.74 Å². The summed E-state index contributed by atoms with van der Waals surface area (Å²) in [7, 11) is -3.79. The second-order valence-electron chi connectivity index (χ2n) is 4.75. The number of carbonyl (C=O) groups excluding carboxylic acids is 1. The van der Waals surface area contributed by atoms with E-state index in [-0.39, 0.29) is 17.3 Å². The number of esters is 1. The van der Waals surface area contributed by atoms with Crippen LogP contribution in [-0.4, -0.2) is 31.7 Å². The summed E-state index contributed by atoms with van der Waals surface area (Å²) in [5.41, 5.74) is 2.44. The highest BCUT2D eigenvalue weighted by atomic mass is 32.2. The molecule has 0 saturated heterocycles. The van der Waals surface area contributed by atoms with Crippen LogP contribution in [0.5, 0.6) is 0 Å². The van der Waals surface area contributed by atoms with Crippen LogP contribution in [0.15, 0.2) is 58.7 Å². The quantitative estimate of drug-likeness (QED) is 0.429. The average Bonchev–Trinajstić information content (AvgIpc) is 2.63. The van der Waals surface area contributed by atoms with Crippen LogP contribution >= 0.6 is 0 Å². The van der Waals surface area contributed by atoms with Crippen LogP contribution < -0.4 is 10.1 Å². The Balaban J connectivity index is 2.10. The lowest BCUT2D eigenvalue weighted by molar-refractivity contribution is -0.134. The molecule has 2 N–H and O–H groups in total. The third-order valence-corrected chi connectivity index (χ3v) is 4.31. The van der Waals surface area contributed by atoms with E-state index in [9.17, 15) is 13.2 Å². The predicted octanol–water partition coefficient (Wildman–Crippen LogP) is 1.74. The molecule has 0 fully saturated rings. The zero-order valence-electron chi connectivity index (χ0n) is 13.7. The number of nitrogens with one attached hydrogen (secondary N) is 2. The highest BCUT2D eigenvalue weighted by Gasteiger charge is 2.15. The first-order chi connectivity index (χ1) is 12.5. The minimum atomic E-state index is -3.79. The number of ether oxygens (including phenoxy) is 1. The average molecular weight is 373 g/mol. The fourth-order valence-electron chi connectivity index (χ4n) is 1.76. The van der Waals surface area contributed by atoms with Gasteiger partial charge in [0.25, 0.3) is 10.0 Å². The maximum atomic E-state index is 12.3. The lowest BCUT2D eigenvalue weighted by Crippen LogP contribution is -2.17. The summed E-state index contributed by atoms with van der Waals surface area (Å²) in [5, 5.41) is 12.5. The van der Waals surface area contributed by atoms with Crippen molar-refractivity contribution in [3.63, 3.8) is 0 Å². The lowest BCUT2D eigenvalue weighted by atomic mass is 10.3. The Bertz CT molecular complexity index is 935. The fraction of sp³-hybridized carbons (Fsp3) is 0.125. The van der Waals surface area contributed by atoms with Crippen LogP contribution in [0.1, 0.15) is 6.92 Å². The summed E-state index contributed by atoms with van der Waals surface area (Å²) < 4.78 is 31.6. The van der Waals surface area contributed by atoms with E-state index >= 15 is 0 Å². The molecule has 0 aliphatic heterocycles. The fourth-order valence-corrected chi connectivity index (χ4v) is 2.77. The Hall–Kier alpha value is -3.45. The highest BCUT2D eigenvalue weighted by molar-refractivity contribution is 7.92. The van der Waals surface area contributed by atoms with E-state index in [1.165, 1.54) is 36.5 Å². The maximum Gasteiger partial charge on any atom is 0.369 e. The second kappa shape index (κ2) is 8.59. The smallest absolute Gasteiger partial charge is 0.369 e. The Morgan fingerprint density at radius 1 is 1.27 bits per heavy atom. The zero-order chi connectivity index (χ0) is 19.0. The molecule has 1 aromatic carbocycles. The standard InChI is InChI=1S/C16H15N5O4S/c1-2-25-16(22)14(11-17)20-19-12-6-8-13(9-7-12)26(23,24)21-15-5-3-4-10-18-15/h3-10,19H,2H2,1H3,(H,18,21)/b20-14+. The number of sulfonamides is 1. The molecule has 1 aromatic heterocycles. The molecule has 2 rings (SSSR count). The second-order valence-corrected chi connectivity index (χ2v) is 6.43. The van der Waals surface area contributed by atoms with Gasteiger partial charge >= 0.3 is 5.97 Å². The molecular formula is C16H15N5O4S. The van der Waals surface area contributed by atoms with Crippen LogP contribution in [-0.2, 0) is 19.6 Å². The molecule has 0 aliphatic rings. The van der Waals surface area contributed by atoms with E-state index < -0.39 is 21.7 Å². The van der Waals surface area contributed by atoms with Crippen molar-refractivity contribution >= 4 is 33.2 Å². The molecule has 0 atom stereocenters. The number of hydrazone groups is 1. The van der Waals surface area contributed by atoms with Gasteiger partial charge in [-0.1, -0.05) is 6.07 Å². The zero-order valence-corrected chi connectivity index (χ0v) is 14.5. The summed E-state index contributed by atoms with van der Waals surface area (Å²) in [6.45, 7) is 1.73. The molecular weight excluding hydrogens is 358 g/mol. The lowest BCUT2D eigenvalue weighted by Gasteiger charge is -2.08. The molecule has 26 heavy (non-hydrogen) atoms. The van der Waals surface area contributed by atoms with Gasteiger partial charge in [-0.3, -0.25) is 10.1 Å². The van der Waals surface area contributed by atoms with Crippen LogP contribution in [0, 0.1) is 11.3 Å². The van der Waals surface area contributed by atoms with Crippen molar-refractivity contribution < 1.29 is 17.9 Å². The van der Waals surface area contributed by atoms with E-state index in [1.54, 1.807) is 25.1 Å². The van der Waals surface area contributed by atoms with Crippen molar-refractivity contribution in [2.45, 2.75) is 11.8 Å². The molecule has 2 aromatic rings. The molecule has 0 bridgehead atoms. The van der Waals surface area contributed by atoms with Crippen LogP contribution in [0.4, 0.5) is 11.5 Å². The van der Waals surface area contributed by atoms with E-state index in [2.05, 4.69) is 25.0 Å². The van der Waals surface area contributed by atoms with Gasteiger partial charge in [0, 0.05) is 6.20 Å². The van der Waals surface area contributed by atoms with Crippen molar-refractivity contribution in [2.75, 3.05) is 16.8 Å². The number of anilines is 2. The maximum absolute atomic E-state index is 12.3. The van der Waals surface area contributed by atoms with Gasteiger partial charge in [0.05, 0.1) is 17.2 Å². The summed E-state index contributed by atoms with van der Waals surface area (Å²) in [6, 6.07) is 12.1. The number of nitrogens with zero attached hydrogens (tertiary/aromatic N) is 3. The first-order valence-electron chi connectivity index (χ1n) is 7.41. The van der Waals surface area contributed by atoms with Crippen molar-refractivity contribution in [1.29, 1.82) is 5.26 Å². The van der Waals surface area contributed by atoms with Gasteiger partial charge in [-0.05, 0) is 43.3 Å². The molecule has 0 radical (unpaired) electrons. The van der Waals surface area contributed by atoms with Gasteiger partial charge in [0.1, 0.15) is 11.9 Å². The molecule has 0 amide bonds. The van der Waals surface area contributed by atoms with E-state index in [0.29, 0.717) is 5.69 Å². The normalized spacial score (nSPS) is 11.3. The van der Waals surface area contributed by atoms with E-state index in [0.717, 1.165) is 0 Å². The molecule has 9 nitrogen and oxygen atoms in total. The molecule has 10 heteroatoms. The van der Waals surface area contributed by atoms with Crippen molar-refractivity contribution in [2.24, 2.45) is 5.10 Å². The molecule has 0 unspecified atom stereocenters. The minimum absolute atomic E-state index is 0.0172. The summed E-state index contributed by atoms with van der Waals surface area (Å²) >= 11 is 0. The molecule has 134 valence electrons. The SMILES string of the molecule is CCOC(=O)/C(C#N)=N/Nc1ccc(S(=O)(=O)Nc2ccccn2)cc1. The Labute approximate surface area is 150 Å². The first kappa shape index (κ1) is 18.9. The van der Waals surface area contributed by atoms with Gasteiger partial charge in [-0.15, -0.1) is 0 Å². The number of benzene rings is 1. The van der Waals surface area contributed by atoms with E-state index in [4.69, 9.17) is 5.26 Å². The Morgan fingerprint density at radius 3 is 2.58 bits per heavy atom. The number of hydrogen-bond acceptors (Lipinski definition) is 8. The predicted molar refractivity (Wildman–Crippen MR) is 94.8 cm³/mol. The number of pyridine rings is 1. The van der Waals surface area contributed by atoms with Crippen LogP contribution in [0.25, 0.3) is 0 Å². The monoisotopic (exact) mass is 373 g/mol. The summed E-state index contributed by atoms with van der Waals surface area (Å²) in [6.07, 6.45) is 1.47. The topological polar surface area (TPSA) is 134 Å². The summed E-state index contributed by atoms with van der Waals surface area (Å²) in [5.74, 6) is -0.645. The first-order valence-corrected chi connectivity index (χ1v) is 8.89. The molecule has 0 saturated carbocycles. The number of rotatable bonds is 7. The third kappa shape index (κ3) is 5.02. The van der Waals surface area contributed by atoms with Gasteiger partial charge in [0.15, 0.2) is 0 Å². The van der Waals surface area contributed by atoms with Crippen LogP contribution in [0.2, 0.25) is 0 Å². The third-order valence-electron chi connectivity index (χ3n) is 2.94. The van der Waals surface area contributed by atoms with E-state index in [1.807, 2.05) is 0 Å². The van der Waals surface area contributed by atoms with Gasteiger partial charge in [0.2, 0.25) is 5.71 Å². The largest absolute Gasteiger partial charge is 0.461 e. The molecule has 0 aliphatic carbocycles. The number of aromatic nitrogens is 1. The van der Waals surface area contributed by atoms with Gasteiger partial charge in [-0.2, -0.15) is 10.4 Å². The molecule has 1 heterocycles. The van der Waals surface area contributed by atoms with Crippen molar-refractivity contribution in [3.8, 4) is 6.07 Å². The Kier molecular flexibility index (Phi) is 6.24. The number of hydrogen-bond donors (Lipinski definition) is 2. The number of nitriles is 1. The highest BCUT2D eigenvalue weighted by Crippen LogP contribution is 2.17. The Morgan fingerprint density at radius 2 is 2.00 bits per heavy atom. The van der Waals surface area contributed by atoms with Crippen molar-refractivity contribution in [1.82, 2.24) is 4.98 Å². The van der Waals surface area contributed by atoms with Crippen molar-refractivity contribution in [3.05, 3.63) is 48.7 Å². The number of carbonyl (C=O) groups is 1. The molecule has 0 spiro atoms. The van der Waals surface area contributed by atoms with Gasteiger partial charge in [-0.25, -0.2) is 18.2 Å². The minimum Gasteiger partial charge on any atom is -0.461 e. The van der Waals surface area contributed by atoms with Crippen LogP contribution in [0.3, 0.4) is 0 Å². The summed E-state index contributed by atoms with van der Waals surface area (Å²) in [4.78, 5) is 15.4.